The number of thiol groups is 2. The topological polar surface area (TPSA) is 55.4 Å². The van der Waals surface area contributed by atoms with Crippen molar-refractivity contribution in [2.45, 2.75) is 59.2 Å². The lowest BCUT2D eigenvalue weighted by atomic mass is 10.6. The molecule has 0 spiro atoms. The molecule has 0 aliphatic heterocycles. The van der Waals surface area contributed by atoms with E-state index in [1.54, 1.807) is 0 Å². The Morgan fingerprint density at radius 3 is 1.08 bits per heavy atom. The van der Waals surface area contributed by atoms with E-state index >= 15 is 0 Å². The monoisotopic (exact) mass is 462 g/mol. The fraction of sp³-hybridized carbons (Fsp3) is 1.00. The molecule has 0 amide bonds. The van der Waals surface area contributed by atoms with Crippen molar-refractivity contribution in [1.29, 1.82) is 0 Å². The highest BCUT2D eigenvalue weighted by atomic mass is 32.5. The summed E-state index contributed by atoms with van der Waals surface area (Å²) in [5.74, 6) is 0. The van der Waals surface area contributed by atoms with Crippen LogP contribution in [0.1, 0.15) is 48.0 Å². The summed E-state index contributed by atoms with van der Waals surface area (Å²) in [7, 11) is -7.59. The molecule has 0 atom stereocenters. The first-order chi connectivity index (χ1) is 12.4. The minimum atomic E-state index is -3.10. The molecule has 0 aromatic heterocycles. The van der Waals surface area contributed by atoms with Gasteiger partial charge in [0, 0.05) is 39.6 Å². The average Bonchev–Trinajstić information content (AvgIpc) is 2.56. The third kappa shape index (κ3) is 8.23. The summed E-state index contributed by atoms with van der Waals surface area (Å²) in [5, 5.41) is -0.191. The van der Waals surface area contributed by atoms with Gasteiger partial charge in [0.05, 0.1) is 5.16 Å². The fourth-order valence-electron chi connectivity index (χ4n) is 2.95. The highest BCUT2D eigenvalue weighted by Crippen LogP contribution is 2.41. The largest absolute Gasteiger partial charge is 0.508 e. The summed E-state index contributed by atoms with van der Waals surface area (Å²) in [6.07, 6.45) is 0.752. The molecule has 11 heteroatoms. The Labute approximate surface area is 174 Å². The Kier molecular flexibility index (Phi) is 15.7. The van der Waals surface area contributed by atoms with Gasteiger partial charge in [-0.05, 0) is 54.0 Å². The molecule has 0 fully saturated rings. The van der Waals surface area contributed by atoms with Gasteiger partial charge in [0.25, 0.3) is 0 Å². The van der Waals surface area contributed by atoms with Crippen LogP contribution in [-0.2, 0) is 26.6 Å². The van der Waals surface area contributed by atoms with E-state index < -0.39 is 24.7 Å². The first kappa shape index (κ1) is 27.1. The number of rotatable bonds is 17. The van der Waals surface area contributed by atoms with Crippen molar-refractivity contribution in [3.05, 3.63) is 0 Å². The SMILES string of the molecule is CCO[Si](OCC)(OCC)C(CC[SiH](S)S)[Si](OCC)(OCC)OCC. The van der Waals surface area contributed by atoms with E-state index in [9.17, 15) is 0 Å². The lowest BCUT2D eigenvalue weighted by molar-refractivity contribution is 0.0320. The van der Waals surface area contributed by atoms with Gasteiger partial charge in [0.15, 0.2) is 7.10 Å². The molecule has 0 aromatic rings. The maximum absolute atomic E-state index is 6.20. The maximum Gasteiger partial charge on any atom is 0.508 e. The van der Waals surface area contributed by atoms with Gasteiger partial charge < -0.3 is 26.6 Å². The lowest BCUT2D eigenvalue weighted by Crippen LogP contribution is -2.64. The highest BCUT2D eigenvalue weighted by molar-refractivity contribution is 8.40. The van der Waals surface area contributed by atoms with Gasteiger partial charge in [0.1, 0.15) is 0 Å². The fourth-order valence-corrected chi connectivity index (χ4v) is 13.5. The molecule has 0 bridgehead atoms. The van der Waals surface area contributed by atoms with Crippen molar-refractivity contribution in [1.82, 2.24) is 0 Å². The van der Waals surface area contributed by atoms with Crippen LogP contribution < -0.4 is 0 Å². The second kappa shape index (κ2) is 15.0. The Balaban J connectivity index is 6.19. The van der Waals surface area contributed by atoms with Crippen molar-refractivity contribution in [2.24, 2.45) is 0 Å². The molecule has 0 unspecified atom stereocenters. The van der Waals surface area contributed by atoms with Crippen LogP contribution in [0.2, 0.25) is 11.2 Å². The third-order valence-electron chi connectivity index (χ3n) is 3.64. The van der Waals surface area contributed by atoms with Crippen LogP contribution in [0.3, 0.4) is 0 Å². The molecule has 0 radical (unpaired) electrons. The van der Waals surface area contributed by atoms with Crippen LogP contribution in [-0.4, -0.2) is 64.3 Å². The summed E-state index contributed by atoms with van der Waals surface area (Å²) in [6.45, 7) is 14.7. The van der Waals surface area contributed by atoms with Gasteiger partial charge in [-0.3, -0.25) is 0 Å². The van der Waals surface area contributed by atoms with Crippen molar-refractivity contribution in [2.75, 3.05) is 39.6 Å². The van der Waals surface area contributed by atoms with Gasteiger partial charge in [-0.25, -0.2) is 0 Å². The Hall–Kier alpha value is 1.11. The summed E-state index contributed by atoms with van der Waals surface area (Å²) >= 11 is 9.13. The predicted octanol–water partition coefficient (Wildman–Crippen LogP) is 3.46. The molecule has 26 heavy (non-hydrogen) atoms. The van der Waals surface area contributed by atoms with Crippen LogP contribution in [0, 0.1) is 0 Å². The van der Waals surface area contributed by atoms with E-state index in [1.165, 1.54) is 0 Å². The van der Waals surface area contributed by atoms with Crippen LogP contribution >= 0.6 is 24.2 Å². The van der Waals surface area contributed by atoms with Gasteiger partial charge in [-0.1, -0.05) is 0 Å². The first-order valence-corrected chi connectivity index (χ1v) is 18.2. The molecular weight excluding hydrogens is 425 g/mol. The Morgan fingerprint density at radius 1 is 0.615 bits per heavy atom. The van der Waals surface area contributed by atoms with Gasteiger partial charge in [-0.2, -0.15) is 24.2 Å². The van der Waals surface area contributed by atoms with Gasteiger partial charge >= 0.3 is 17.6 Å². The van der Waals surface area contributed by atoms with E-state index in [4.69, 9.17) is 26.6 Å². The van der Waals surface area contributed by atoms with Crippen molar-refractivity contribution in [3.63, 3.8) is 0 Å². The summed E-state index contributed by atoms with van der Waals surface area (Å²) in [4.78, 5) is 0. The molecule has 6 nitrogen and oxygen atoms in total. The smallest absolute Gasteiger partial charge is 0.374 e. The number of hydrogen-bond acceptors (Lipinski definition) is 8. The molecule has 0 aliphatic rings. The van der Waals surface area contributed by atoms with E-state index in [0.29, 0.717) is 39.6 Å². The molecule has 158 valence electrons. The summed E-state index contributed by atoms with van der Waals surface area (Å²) in [6, 6.07) is 0.876. The zero-order valence-electron chi connectivity index (χ0n) is 17.2. The molecule has 0 rings (SSSR count). The van der Waals surface area contributed by atoms with Crippen LogP contribution in [0.15, 0.2) is 0 Å². The van der Waals surface area contributed by atoms with E-state index in [-0.39, 0.29) is 5.16 Å². The van der Waals surface area contributed by atoms with Crippen LogP contribution in [0.25, 0.3) is 0 Å². The molecule has 0 saturated heterocycles. The molecule has 0 aliphatic carbocycles. The molecule has 0 N–H and O–H groups in total. The quantitative estimate of drug-likeness (QED) is 0.255. The van der Waals surface area contributed by atoms with E-state index in [0.717, 1.165) is 12.5 Å². The predicted molar refractivity (Wildman–Crippen MR) is 120 cm³/mol. The lowest BCUT2D eigenvalue weighted by Gasteiger charge is -2.42. The second-order valence-corrected chi connectivity index (χ2v) is 18.0. The highest BCUT2D eigenvalue weighted by Gasteiger charge is 2.65. The van der Waals surface area contributed by atoms with E-state index in [2.05, 4.69) is 24.2 Å². The Bertz CT molecular complexity index is 295. The molecule has 0 saturated carbocycles. The van der Waals surface area contributed by atoms with E-state index in [1.807, 2.05) is 41.5 Å². The van der Waals surface area contributed by atoms with Crippen molar-refractivity contribution in [3.8, 4) is 0 Å². The standard InChI is InChI=1S/C15H38O6S2Si3/c1-7-16-25(17-8-2,18-9-3)15(13-14-24(22)23)26(19-10-4,20-11-5)21-12-6/h15,22-24H,7-14H2,1-6H3. The second-order valence-electron chi connectivity index (χ2n) is 5.42. The van der Waals surface area contributed by atoms with Crippen LogP contribution in [0.5, 0.6) is 0 Å². The minimum Gasteiger partial charge on any atom is -0.374 e. The minimum absolute atomic E-state index is 0.191. The average molecular weight is 463 g/mol. The zero-order valence-corrected chi connectivity index (χ0v) is 22.1. The van der Waals surface area contributed by atoms with Gasteiger partial charge in [-0.15, -0.1) is 0 Å². The van der Waals surface area contributed by atoms with Crippen LogP contribution in [0.4, 0.5) is 0 Å². The first-order valence-electron chi connectivity index (χ1n) is 9.61. The van der Waals surface area contributed by atoms with Crippen molar-refractivity contribution < 1.29 is 26.6 Å². The van der Waals surface area contributed by atoms with Gasteiger partial charge in [0.2, 0.25) is 0 Å². The zero-order chi connectivity index (χ0) is 20.1. The number of hydrogen-bond donors (Lipinski definition) is 2. The third-order valence-corrected chi connectivity index (χ3v) is 14.6. The molecule has 0 aromatic carbocycles. The summed E-state index contributed by atoms with van der Waals surface area (Å²) < 4.78 is 37.2. The molecular formula is C15H38O6S2Si3. The normalized spacial score (nSPS) is 13.2. The maximum atomic E-state index is 6.20. The van der Waals surface area contributed by atoms with Crippen molar-refractivity contribution >= 4 is 48.9 Å². The molecule has 0 heterocycles. The summed E-state index contributed by atoms with van der Waals surface area (Å²) in [5.41, 5.74) is 0. The Morgan fingerprint density at radius 2 is 0.885 bits per heavy atom.